The van der Waals surface area contributed by atoms with Gasteiger partial charge in [0.25, 0.3) is 0 Å². The number of aliphatic hydroxyl groups excluding tert-OH is 1. The number of oxime groups is 1. The highest BCUT2D eigenvalue weighted by Crippen LogP contribution is 2.11. The molecule has 0 spiro atoms. The zero-order chi connectivity index (χ0) is 12.1. The van der Waals surface area contributed by atoms with Crippen LogP contribution >= 0.6 is 0 Å². The van der Waals surface area contributed by atoms with Gasteiger partial charge in [0.15, 0.2) is 0 Å². The van der Waals surface area contributed by atoms with E-state index in [-0.39, 0.29) is 37.0 Å². The quantitative estimate of drug-likeness (QED) is 0.243. The van der Waals surface area contributed by atoms with Crippen LogP contribution in [0.2, 0.25) is 0 Å². The Hall–Kier alpha value is -1.34. The minimum absolute atomic E-state index is 0.121. The number of hydrogen-bond donors (Lipinski definition) is 3. The van der Waals surface area contributed by atoms with Crippen LogP contribution in [0.3, 0.4) is 0 Å². The molecular weight excluding hydrogens is 214 g/mol. The molecule has 0 radical (unpaired) electrons. The molecule has 0 aliphatic carbocycles. The first-order chi connectivity index (χ1) is 7.56. The third-order valence-electron chi connectivity index (χ3n) is 2.34. The normalized spacial score (nSPS) is 26.9. The van der Waals surface area contributed by atoms with Crippen LogP contribution in [0.4, 0.5) is 0 Å². The van der Waals surface area contributed by atoms with Gasteiger partial charge in [0.05, 0.1) is 25.2 Å². The molecule has 1 saturated heterocycles. The average molecular weight is 231 g/mol. The highest BCUT2D eigenvalue weighted by Gasteiger charge is 2.28. The van der Waals surface area contributed by atoms with Crippen LogP contribution in [0.5, 0.6) is 0 Å². The van der Waals surface area contributed by atoms with Gasteiger partial charge in [-0.15, -0.1) is 0 Å². The van der Waals surface area contributed by atoms with E-state index in [4.69, 9.17) is 20.8 Å². The molecule has 0 aromatic carbocycles. The maximum atomic E-state index is 11.7. The number of nitrogens with zero attached hydrogens (tertiary/aromatic N) is 2. The van der Waals surface area contributed by atoms with E-state index in [1.807, 2.05) is 6.92 Å². The van der Waals surface area contributed by atoms with Gasteiger partial charge in [-0.2, -0.15) is 0 Å². The third-order valence-corrected chi connectivity index (χ3v) is 2.34. The van der Waals surface area contributed by atoms with Crippen LogP contribution in [-0.2, 0) is 9.53 Å². The molecule has 1 heterocycles. The minimum Gasteiger partial charge on any atom is -0.409 e. The lowest BCUT2D eigenvalue weighted by molar-refractivity contribution is -0.145. The molecule has 16 heavy (non-hydrogen) atoms. The predicted octanol–water partition coefficient (Wildman–Crippen LogP) is -1.27. The van der Waals surface area contributed by atoms with Crippen LogP contribution in [0.25, 0.3) is 0 Å². The Morgan fingerprint density at radius 1 is 1.62 bits per heavy atom. The smallest absolute Gasteiger partial charge is 0.230 e. The van der Waals surface area contributed by atoms with Crippen LogP contribution < -0.4 is 5.73 Å². The van der Waals surface area contributed by atoms with Gasteiger partial charge < -0.3 is 25.7 Å². The average Bonchev–Trinajstić information content (AvgIpc) is 2.27. The summed E-state index contributed by atoms with van der Waals surface area (Å²) in [6, 6.07) is 0. The molecule has 92 valence electrons. The van der Waals surface area contributed by atoms with Crippen molar-refractivity contribution in [2.24, 2.45) is 10.9 Å². The first-order valence-corrected chi connectivity index (χ1v) is 5.07. The van der Waals surface area contributed by atoms with E-state index < -0.39 is 0 Å². The molecule has 2 unspecified atom stereocenters. The maximum absolute atomic E-state index is 11.7. The summed E-state index contributed by atoms with van der Waals surface area (Å²) in [5.74, 6) is -0.353. The molecular formula is C9H17N3O4. The second-order valence-corrected chi connectivity index (χ2v) is 3.82. The van der Waals surface area contributed by atoms with Crippen molar-refractivity contribution in [2.45, 2.75) is 25.6 Å². The highest BCUT2D eigenvalue weighted by molar-refractivity contribution is 5.98. The number of carbonyl (C=O) groups excluding carboxylic acids is 1. The van der Waals surface area contributed by atoms with Gasteiger partial charge in [0.2, 0.25) is 5.91 Å². The fraction of sp³-hybridized carbons (Fsp3) is 0.778. The molecule has 1 fully saturated rings. The van der Waals surface area contributed by atoms with Gasteiger partial charge in [-0.1, -0.05) is 5.16 Å². The molecule has 0 saturated carbocycles. The second-order valence-electron chi connectivity index (χ2n) is 3.82. The van der Waals surface area contributed by atoms with Crippen LogP contribution in [-0.4, -0.2) is 58.9 Å². The molecule has 7 nitrogen and oxygen atoms in total. The van der Waals surface area contributed by atoms with E-state index in [0.29, 0.717) is 13.1 Å². The molecule has 4 N–H and O–H groups in total. The molecule has 1 amide bonds. The number of amides is 1. The zero-order valence-corrected chi connectivity index (χ0v) is 9.17. The number of aliphatic hydroxyl groups is 1. The summed E-state index contributed by atoms with van der Waals surface area (Å²) in [6.45, 7) is 2.48. The second kappa shape index (κ2) is 5.66. The van der Waals surface area contributed by atoms with Crippen molar-refractivity contribution in [3.63, 3.8) is 0 Å². The molecule has 0 aromatic heterocycles. The Morgan fingerprint density at radius 2 is 2.31 bits per heavy atom. The Labute approximate surface area is 93.5 Å². The molecule has 1 rings (SSSR count). The Morgan fingerprint density at radius 3 is 2.88 bits per heavy atom. The topological polar surface area (TPSA) is 108 Å². The largest absolute Gasteiger partial charge is 0.409 e. The van der Waals surface area contributed by atoms with Gasteiger partial charge >= 0.3 is 0 Å². The number of morpholine rings is 1. The van der Waals surface area contributed by atoms with E-state index in [2.05, 4.69) is 5.16 Å². The molecule has 1 aliphatic heterocycles. The number of amidine groups is 1. The number of rotatable bonds is 3. The molecule has 7 heteroatoms. The molecule has 0 aromatic rings. The van der Waals surface area contributed by atoms with E-state index in [1.165, 1.54) is 0 Å². The highest BCUT2D eigenvalue weighted by atomic mass is 16.5. The lowest BCUT2D eigenvalue weighted by atomic mass is 10.2. The Balaban J connectivity index is 2.55. The number of ether oxygens (including phenoxy) is 1. The first-order valence-electron chi connectivity index (χ1n) is 5.07. The van der Waals surface area contributed by atoms with Crippen molar-refractivity contribution in [3.05, 3.63) is 0 Å². The van der Waals surface area contributed by atoms with E-state index >= 15 is 0 Å². The van der Waals surface area contributed by atoms with Crippen molar-refractivity contribution in [2.75, 3.05) is 19.7 Å². The van der Waals surface area contributed by atoms with E-state index in [1.54, 1.807) is 4.90 Å². The zero-order valence-electron chi connectivity index (χ0n) is 9.17. The standard InChI is InChI=1S/C9H17N3O4/c1-6-3-12(4-7(5-13)16-6)9(14)2-8(10)11-15/h6-7,13,15H,2-5H2,1H3,(H2,10,11). The Bertz CT molecular complexity index is 282. The van der Waals surface area contributed by atoms with Crippen molar-refractivity contribution in [1.29, 1.82) is 0 Å². The summed E-state index contributed by atoms with van der Waals surface area (Å²) in [7, 11) is 0. The first kappa shape index (κ1) is 12.7. The minimum atomic E-state index is -0.361. The predicted molar refractivity (Wildman–Crippen MR) is 56.0 cm³/mol. The molecule has 0 bridgehead atoms. The van der Waals surface area contributed by atoms with Crippen LogP contribution in [0.15, 0.2) is 5.16 Å². The summed E-state index contributed by atoms with van der Waals surface area (Å²) < 4.78 is 5.39. The van der Waals surface area contributed by atoms with Crippen molar-refractivity contribution >= 4 is 11.7 Å². The molecule has 1 aliphatic rings. The molecule has 2 atom stereocenters. The van der Waals surface area contributed by atoms with Gasteiger partial charge in [-0.05, 0) is 6.92 Å². The summed E-state index contributed by atoms with van der Waals surface area (Å²) >= 11 is 0. The summed E-state index contributed by atoms with van der Waals surface area (Å²) in [4.78, 5) is 13.2. The summed E-state index contributed by atoms with van der Waals surface area (Å²) in [6.07, 6.45) is -0.608. The fourth-order valence-electron chi connectivity index (χ4n) is 1.65. The SMILES string of the molecule is CC1CN(C(=O)CC(N)=NO)CC(CO)O1. The van der Waals surface area contributed by atoms with Crippen molar-refractivity contribution in [1.82, 2.24) is 4.90 Å². The van der Waals surface area contributed by atoms with Crippen LogP contribution in [0.1, 0.15) is 13.3 Å². The van der Waals surface area contributed by atoms with Crippen LogP contribution in [0, 0.1) is 0 Å². The number of nitrogens with two attached hydrogens (primary N) is 1. The van der Waals surface area contributed by atoms with E-state index in [9.17, 15) is 4.79 Å². The lowest BCUT2D eigenvalue weighted by Crippen LogP contribution is -2.50. The number of carbonyl (C=O) groups is 1. The third kappa shape index (κ3) is 3.35. The lowest BCUT2D eigenvalue weighted by Gasteiger charge is -2.36. The summed E-state index contributed by atoms with van der Waals surface area (Å²) in [5.41, 5.74) is 5.25. The fourth-order valence-corrected chi connectivity index (χ4v) is 1.65. The van der Waals surface area contributed by atoms with Gasteiger partial charge in [0.1, 0.15) is 5.84 Å². The van der Waals surface area contributed by atoms with Gasteiger partial charge in [-0.25, -0.2) is 0 Å². The number of hydrogen-bond acceptors (Lipinski definition) is 5. The maximum Gasteiger partial charge on any atom is 0.230 e. The summed E-state index contributed by atoms with van der Waals surface area (Å²) in [5, 5.41) is 20.1. The Kier molecular flexibility index (Phi) is 4.51. The monoisotopic (exact) mass is 231 g/mol. The van der Waals surface area contributed by atoms with Gasteiger partial charge in [0, 0.05) is 13.1 Å². The van der Waals surface area contributed by atoms with Crippen molar-refractivity contribution < 1.29 is 19.8 Å². The van der Waals surface area contributed by atoms with Crippen molar-refractivity contribution in [3.8, 4) is 0 Å². The van der Waals surface area contributed by atoms with E-state index in [0.717, 1.165) is 0 Å². The van der Waals surface area contributed by atoms with Gasteiger partial charge in [-0.3, -0.25) is 4.79 Å².